The third kappa shape index (κ3) is 2.83. The molecule has 0 amide bonds. The molecule has 4 heterocycles. The van der Waals surface area contributed by atoms with Crippen molar-refractivity contribution in [2.45, 2.75) is 20.8 Å². The molecule has 2 N–H and O–H groups in total. The van der Waals surface area contributed by atoms with E-state index in [0.29, 0.717) is 0 Å². The maximum absolute atomic E-state index is 4.61. The van der Waals surface area contributed by atoms with Crippen molar-refractivity contribution in [1.29, 1.82) is 0 Å². The van der Waals surface area contributed by atoms with E-state index in [1.165, 1.54) is 5.56 Å². The van der Waals surface area contributed by atoms with Crippen molar-refractivity contribution in [1.82, 2.24) is 25.1 Å². The fraction of sp³-hybridized carbons (Fsp3) is 0.125. The number of aromatic nitrogens is 5. The van der Waals surface area contributed by atoms with Gasteiger partial charge in [-0.15, -0.1) is 0 Å². The van der Waals surface area contributed by atoms with Crippen LogP contribution >= 0.6 is 0 Å². The van der Waals surface area contributed by atoms with Gasteiger partial charge in [-0.1, -0.05) is 12.1 Å². The summed E-state index contributed by atoms with van der Waals surface area (Å²) in [6, 6.07) is 12.5. The summed E-state index contributed by atoms with van der Waals surface area (Å²) < 4.78 is 0. The number of nitrogens with one attached hydrogen (secondary N) is 2. The Kier molecular flexibility index (Phi) is 4.02. The average Bonchev–Trinajstić information content (AvgIpc) is 3.36. The van der Waals surface area contributed by atoms with E-state index in [2.05, 4.69) is 69.3 Å². The van der Waals surface area contributed by atoms with Crippen molar-refractivity contribution in [3.8, 4) is 22.5 Å². The molecule has 4 aromatic heterocycles. The SMILES string of the molecule is C/C=C(\C)c1nccc2[nH]c(-c3n[nH]c4ccc(-c5cnccc5C)cc34)cc12. The van der Waals surface area contributed by atoms with Crippen molar-refractivity contribution in [3.63, 3.8) is 0 Å². The molecule has 0 saturated heterocycles. The first-order valence-electron chi connectivity index (χ1n) is 9.66. The zero-order chi connectivity index (χ0) is 20.0. The number of nitrogens with zero attached hydrogens (tertiary/aromatic N) is 3. The number of allylic oxidation sites excluding steroid dienone is 2. The smallest absolute Gasteiger partial charge is 0.116 e. The van der Waals surface area contributed by atoms with Crippen LogP contribution in [0, 0.1) is 6.92 Å². The maximum atomic E-state index is 4.61. The van der Waals surface area contributed by atoms with Gasteiger partial charge in [-0.2, -0.15) is 5.10 Å². The fourth-order valence-electron chi connectivity index (χ4n) is 3.79. The van der Waals surface area contributed by atoms with Gasteiger partial charge in [-0.25, -0.2) is 0 Å². The molecule has 29 heavy (non-hydrogen) atoms. The molecule has 0 bridgehead atoms. The maximum Gasteiger partial charge on any atom is 0.116 e. The summed E-state index contributed by atoms with van der Waals surface area (Å²) >= 11 is 0. The van der Waals surface area contributed by atoms with Crippen molar-refractivity contribution >= 4 is 27.4 Å². The number of aromatic amines is 2. The quantitative estimate of drug-likeness (QED) is 0.410. The summed E-state index contributed by atoms with van der Waals surface area (Å²) in [6.07, 6.45) is 7.66. The summed E-state index contributed by atoms with van der Waals surface area (Å²) in [6.45, 7) is 6.22. The van der Waals surface area contributed by atoms with Crippen LogP contribution < -0.4 is 0 Å². The number of fused-ring (bicyclic) bond motifs is 2. The monoisotopic (exact) mass is 379 g/mol. The number of rotatable bonds is 3. The summed E-state index contributed by atoms with van der Waals surface area (Å²) in [7, 11) is 0. The largest absolute Gasteiger partial charge is 0.353 e. The highest BCUT2D eigenvalue weighted by Crippen LogP contribution is 2.33. The second-order valence-electron chi connectivity index (χ2n) is 7.30. The van der Waals surface area contributed by atoms with E-state index in [4.69, 9.17) is 0 Å². The molecule has 0 saturated carbocycles. The topological polar surface area (TPSA) is 70.2 Å². The Hall–Kier alpha value is -3.73. The molecular weight excluding hydrogens is 358 g/mol. The Morgan fingerprint density at radius 1 is 1.00 bits per heavy atom. The van der Waals surface area contributed by atoms with Gasteiger partial charge in [0.05, 0.1) is 16.9 Å². The molecule has 142 valence electrons. The van der Waals surface area contributed by atoms with Gasteiger partial charge in [-0.05, 0) is 67.8 Å². The lowest BCUT2D eigenvalue weighted by Gasteiger charge is -2.05. The van der Waals surface area contributed by atoms with Gasteiger partial charge in [0.2, 0.25) is 0 Å². The van der Waals surface area contributed by atoms with Crippen molar-refractivity contribution < 1.29 is 0 Å². The number of H-pyrrole nitrogens is 2. The summed E-state index contributed by atoms with van der Waals surface area (Å²) in [5.74, 6) is 0. The van der Waals surface area contributed by atoms with Gasteiger partial charge < -0.3 is 4.98 Å². The lowest BCUT2D eigenvalue weighted by atomic mass is 10.0. The highest BCUT2D eigenvalue weighted by Gasteiger charge is 2.15. The number of benzene rings is 1. The normalized spacial score (nSPS) is 12.2. The van der Waals surface area contributed by atoms with Crippen LogP contribution in [-0.2, 0) is 0 Å². The molecule has 0 spiro atoms. The predicted octanol–water partition coefficient (Wildman–Crippen LogP) is 5.90. The minimum Gasteiger partial charge on any atom is -0.353 e. The third-order valence-corrected chi connectivity index (χ3v) is 5.52. The minimum atomic E-state index is 0.906. The van der Waals surface area contributed by atoms with Gasteiger partial charge in [-0.3, -0.25) is 15.1 Å². The first kappa shape index (κ1) is 17.4. The van der Waals surface area contributed by atoms with Crippen LogP contribution in [0.5, 0.6) is 0 Å². The van der Waals surface area contributed by atoms with Crippen molar-refractivity contribution in [2.24, 2.45) is 0 Å². The van der Waals surface area contributed by atoms with Gasteiger partial charge in [0.1, 0.15) is 5.69 Å². The Balaban J connectivity index is 1.70. The molecular formula is C24H21N5. The molecule has 1 aromatic carbocycles. The highest BCUT2D eigenvalue weighted by molar-refractivity contribution is 5.99. The van der Waals surface area contributed by atoms with Crippen LogP contribution in [-0.4, -0.2) is 25.1 Å². The molecule has 0 unspecified atom stereocenters. The lowest BCUT2D eigenvalue weighted by molar-refractivity contribution is 1.12. The summed E-state index contributed by atoms with van der Waals surface area (Å²) in [5.41, 5.74) is 9.57. The zero-order valence-corrected chi connectivity index (χ0v) is 16.6. The number of aryl methyl sites for hydroxylation is 1. The van der Waals surface area contributed by atoms with Gasteiger partial charge in [0.15, 0.2) is 0 Å². The van der Waals surface area contributed by atoms with Crippen molar-refractivity contribution in [2.75, 3.05) is 0 Å². The van der Waals surface area contributed by atoms with Crippen LogP contribution in [0.25, 0.3) is 49.9 Å². The van der Waals surface area contributed by atoms with E-state index >= 15 is 0 Å². The van der Waals surface area contributed by atoms with E-state index in [0.717, 1.165) is 55.6 Å². The number of hydrogen-bond donors (Lipinski definition) is 2. The second-order valence-corrected chi connectivity index (χ2v) is 7.30. The van der Waals surface area contributed by atoms with E-state index in [1.807, 2.05) is 37.6 Å². The van der Waals surface area contributed by atoms with E-state index in [1.54, 1.807) is 0 Å². The predicted molar refractivity (Wildman–Crippen MR) is 118 cm³/mol. The number of pyridine rings is 2. The molecule has 0 fully saturated rings. The Morgan fingerprint density at radius 3 is 2.72 bits per heavy atom. The zero-order valence-electron chi connectivity index (χ0n) is 16.6. The molecule has 0 radical (unpaired) electrons. The fourth-order valence-corrected chi connectivity index (χ4v) is 3.79. The molecule has 0 atom stereocenters. The Morgan fingerprint density at radius 2 is 1.90 bits per heavy atom. The highest BCUT2D eigenvalue weighted by atomic mass is 15.1. The Labute approximate surface area is 168 Å². The summed E-state index contributed by atoms with van der Waals surface area (Å²) in [4.78, 5) is 12.4. The number of hydrogen-bond acceptors (Lipinski definition) is 3. The first-order valence-corrected chi connectivity index (χ1v) is 9.66. The third-order valence-electron chi connectivity index (χ3n) is 5.52. The van der Waals surface area contributed by atoms with Crippen LogP contribution in [0.15, 0.2) is 61.1 Å². The molecule has 0 aliphatic rings. The minimum absolute atomic E-state index is 0.906. The average molecular weight is 379 g/mol. The van der Waals surface area contributed by atoms with E-state index < -0.39 is 0 Å². The van der Waals surface area contributed by atoms with Crippen LogP contribution in [0.2, 0.25) is 0 Å². The standard InChI is InChI=1S/C24H21N5/c1-4-14(2)23-18-12-22(27-20(18)8-10-26-23)24-17-11-16(5-6-21(17)28-29-24)19-13-25-9-7-15(19)3/h4-13,27H,1-3H3,(H,28,29)/b14-4+. The second kappa shape index (κ2) is 6.71. The van der Waals surface area contributed by atoms with Gasteiger partial charge in [0, 0.05) is 40.4 Å². The van der Waals surface area contributed by atoms with E-state index in [9.17, 15) is 0 Å². The van der Waals surface area contributed by atoms with Crippen LogP contribution in [0.3, 0.4) is 0 Å². The van der Waals surface area contributed by atoms with Gasteiger partial charge >= 0.3 is 0 Å². The summed E-state index contributed by atoms with van der Waals surface area (Å²) in [5, 5.41) is 9.95. The van der Waals surface area contributed by atoms with Crippen molar-refractivity contribution in [3.05, 3.63) is 72.3 Å². The molecule has 5 nitrogen and oxygen atoms in total. The van der Waals surface area contributed by atoms with Crippen LogP contribution in [0.1, 0.15) is 25.1 Å². The van der Waals surface area contributed by atoms with Crippen LogP contribution in [0.4, 0.5) is 0 Å². The molecule has 0 aliphatic heterocycles. The van der Waals surface area contributed by atoms with E-state index in [-0.39, 0.29) is 0 Å². The molecule has 5 rings (SSSR count). The first-order chi connectivity index (χ1) is 14.2. The molecule has 5 aromatic rings. The Bertz CT molecular complexity index is 1390. The molecule has 5 heteroatoms. The lowest BCUT2D eigenvalue weighted by Crippen LogP contribution is -1.85. The molecule has 0 aliphatic carbocycles. The van der Waals surface area contributed by atoms with Gasteiger partial charge in [0.25, 0.3) is 0 Å².